The lowest BCUT2D eigenvalue weighted by Gasteiger charge is -2.05. The van der Waals surface area contributed by atoms with Crippen LogP contribution in [0.1, 0.15) is 35.8 Å². The van der Waals surface area contributed by atoms with Gasteiger partial charge in [-0.05, 0) is 24.5 Å². The van der Waals surface area contributed by atoms with Gasteiger partial charge in [0.1, 0.15) is 11.6 Å². The molecule has 1 saturated carbocycles. The summed E-state index contributed by atoms with van der Waals surface area (Å²) >= 11 is 5.74. The molecule has 3 rings (SSSR count). The first-order valence-corrected chi connectivity index (χ1v) is 6.54. The number of hydrogen-bond acceptors (Lipinski definition) is 2. The molecule has 19 heavy (non-hydrogen) atoms. The van der Waals surface area contributed by atoms with Crippen LogP contribution in [-0.2, 0) is 6.42 Å². The van der Waals surface area contributed by atoms with Crippen molar-refractivity contribution in [3.8, 4) is 0 Å². The second-order valence-corrected chi connectivity index (χ2v) is 5.19. The molecule has 0 spiro atoms. The van der Waals surface area contributed by atoms with Crippen LogP contribution >= 0.6 is 11.6 Å². The molecule has 0 amide bonds. The molecule has 0 unspecified atom stereocenters. The van der Waals surface area contributed by atoms with Gasteiger partial charge in [0, 0.05) is 18.4 Å². The van der Waals surface area contributed by atoms with E-state index in [-0.39, 0.29) is 17.0 Å². The molecule has 1 aliphatic rings. The van der Waals surface area contributed by atoms with Crippen molar-refractivity contribution >= 4 is 11.6 Å². The Hall–Kier alpha value is -1.68. The normalized spacial score (nSPS) is 14.6. The molecule has 98 valence electrons. The van der Waals surface area contributed by atoms with Gasteiger partial charge in [0.15, 0.2) is 0 Å². The van der Waals surface area contributed by atoms with Gasteiger partial charge in [-0.1, -0.05) is 23.7 Å². The van der Waals surface area contributed by atoms with Gasteiger partial charge >= 0.3 is 0 Å². The lowest BCUT2D eigenvalue weighted by atomic mass is 10.1. The van der Waals surface area contributed by atoms with E-state index in [0.717, 1.165) is 18.5 Å². The van der Waals surface area contributed by atoms with Gasteiger partial charge in [0.25, 0.3) is 5.56 Å². The Morgan fingerprint density at radius 1 is 1.42 bits per heavy atom. The number of hydrogen-bond donors (Lipinski definition) is 1. The summed E-state index contributed by atoms with van der Waals surface area (Å²) in [5.74, 6) is 0.421. The fraction of sp³-hybridized carbons (Fsp3) is 0.286. The molecule has 1 aliphatic carbocycles. The van der Waals surface area contributed by atoms with Crippen LogP contribution in [0, 0.1) is 5.82 Å². The van der Waals surface area contributed by atoms with E-state index in [9.17, 15) is 9.18 Å². The van der Waals surface area contributed by atoms with Gasteiger partial charge in [0.05, 0.1) is 10.7 Å². The molecule has 1 aromatic carbocycles. The Bertz CT molecular complexity index is 679. The minimum atomic E-state index is -0.455. The van der Waals surface area contributed by atoms with Gasteiger partial charge < -0.3 is 4.98 Å². The molecule has 1 N–H and O–H groups in total. The largest absolute Gasteiger partial charge is 0.310 e. The summed E-state index contributed by atoms with van der Waals surface area (Å²) < 4.78 is 13.8. The Labute approximate surface area is 114 Å². The van der Waals surface area contributed by atoms with E-state index in [1.807, 2.05) is 0 Å². The Morgan fingerprint density at radius 2 is 2.21 bits per heavy atom. The van der Waals surface area contributed by atoms with Crippen LogP contribution in [0.2, 0.25) is 5.02 Å². The van der Waals surface area contributed by atoms with Crippen molar-refractivity contribution in [3.63, 3.8) is 0 Å². The van der Waals surface area contributed by atoms with Gasteiger partial charge in [-0.2, -0.15) is 0 Å². The Balaban J connectivity index is 1.94. The smallest absolute Gasteiger partial charge is 0.251 e. The van der Waals surface area contributed by atoms with Crippen LogP contribution in [0.3, 0.4) is 0 Å². The van der Waals surface area contributed by atoms with Gasteiger partial charge in [-0.15, -0.1) is 0 Å². The zero-order chi connectivity index (χ0) is 13.4. The van der Waals surface area contributed by atoms with E-state index in [2.05, 4.69) is 9.97 Å². The van der Waals surface area contributed by atoms with Crippen molar-refractivity contribution in [1.82, 2.24) is 9.97 Å². The van der Waals surface area contributed by atoms with Crippen molar-refractivity contribution in [3.05, 3.63) is 62.5 Å². The van der Waals surface area contributed by atoms with Gasteiger partial charge in [-0.25, -0.2) is 9.37 Å². The van der Waals surface area contributed by atoms with Crippen molar-refractivity contribution in [2.24, 2.45) is 0 Å². The predicted molar refractivity (Wildman–Crippen MR) is 71.0 cm³/mol. The van der Waals surface area contributed by atoms with Crippen LogP contribution in [0.25, 0.3) is 0 Å². The van der Waals surface area contributed by atoms with E-state index in [1.54, 1.807) is 12.1 Å². The molecule has 5 heteroatoms. The summed E-state index contributed by atoms with van der Waals surface area (Å²) in [4.78, 5) is 18.6. The summed E-state index contributed by atoms with van der Waals surface area (Å²) in [7, 11) is 0. The monoisotopic (exact) mass is 278 g/mol. The summed E-state index contributed by atoms with van der Waals surface area (Å²) in [6.45, 7) is 0. The lowest BCUT2D eigenvalue weighted by Crippen LogP contribution is -2.13. The highest BCUT2D eigenvalue weighted by molar-refractivity contribution is 6.30. The summed E-state index contributed by atoms with van der Waals surface area (Å²) in [6, 6.07) is 6.35. The van der Waals surface area contributed by atoms with Crippen LogP contribution in [0.4, 0.5) is 4.39 Å². The lowest BCUT2D eigenvalue weighted by molar-refractivity contribution is 0.612. The third-order valence-corrected chi connectivity index (χ3v) is 3.49. The zero-order valence-corrected chi connectivity index (χ0v) is 10.9. The third-order valence-electron chi connectivity index (χ3n) is 3.20. The number of aromatic amines is 1. The third kappa shape index (κ3) is 2.68. The van der Waals surface area contributed by atoms with Crippen molar-refractivity contribution in [1.29, 1.82) is 0 Å². The summed E-state index contributed by atoms with van der Waals surface area (Å²) in [5, 5.41) is 0.0817. The van der Waals surface area contributed by atoms with E-state index in [0.29, 0.717) is 17.3 Å². The van der Waals surface area contributed by atoms with E-state index >= 15 is 0 Å². The Morgan fingerprint density at radius 3 is 2.95 bits per heavy atom. The molecule has 0 atom stereocenters. The number of nitrogens with zero attached hydrogens (tertiary/aromatic N) is 1. The molecule has 2 aromatic rings. The fourth-order valence-corrected chi connectivity index (χ4v) is 2.26. The molecule has 1 fully saturated rings. The maximum atomic E-state index is 13.8. The first-order chi connectivity index (χ1) is 9.13. The molecule has 0 radical (unpaired) electrons. The van der Waals surface area contributed by atoms with Crippen molar-refractivity contribution in [2.45, 2.75) is 25.2 Å². The molecule has 1 heterocycles. The molecular formula is C14H12ClFN2O. The van der Waals surface area contributed by atoms with E-state index < -0.39 is 5.82 Å². The number of H-pyrrole nitrogens is 1. The highest BCUT2D eigenvalue weighted by Gasteiger charge is 2.25. The number of benzene rings is 1. The molecule has 0 bridgehead atoms. The molecule has 3 nitrogen and oxygen atoms in total. The van der Waals surface area contributed by atoms with E-state index in [4.69, 9.17) is 11.6 Å². The number of halogens is 2. The maximum absolute atomic E-state index is 13.8. The highest BCUT2D eigenvalue weighted by atomic mass is 35.5. The zero-order valence-electron chi connectivity index (χ0n) is 10.1. The molecule has 0 saturated heterocycles. The standard InChI is InChI=1S/C14H12ClFN2O/c15-10-3-1-2-9(14(10)16)6-12-17-11(8-4-5-8)7-13(19)18-12/h1-3,7-8H,4-6H2,(H,17,18,19). The average molecular weight is 279 g/mol. The van der Waals surface area contributed by atoms with Crippen LogP contribution < -0.4 is 5.56 Å². The predicted octanol–water partition coefficient (Wildman–Crippen LogP) is 3.03. The molecule has 1 aromatic heterocycles. The number of rotatable bonds is 3. The minimum absolute atomic E-state index is 0.0817. The minimum Gasteiger partial charge on any atom is -0.310 e. The van der Waals surface area contributed by atoms with Crippen LogP contribution in [0.15, 0.2) is 29.1 Å². The van der Waals surface area contributed by atoms with Crippen molar-refractivity contribution < 1.29 is 4.39 Å². The topological polar surface area (TPSA) is 45.8 Å². The number of aromatic nitrogens is 2. The van der Waals surface area contributed by atoms with Gasteiger partial charge in [-0.3, -0.25) is 4.79 Å². The summed E-state index contributed by atoms with van der Waals surface area (Å²) in [6.07, 6.45) is 2.38. The first-order valence-electron chi connectivity index (χ1n) is 6.16. The SMILES string of the molecule is O=c1cc(C2CC2)nc(Cc2cccc(Cl)c2F)[nH]1. The van der Waals surface area contributed by atoms with E-state index in [1.165, 1.54) is 12.1 Å². The van der Waals surface area contributed by atoms with Gasteiger partial charge in [0.2, 0.25) is 0 Å². The maximum Gasteiger partial charge on any atom is 0.251 e. The van der Waals surface area contributed by atoms with Crippen molar-refractivity contribution in [2.75, 3.05) is 0 Å². The van der Waals surface area contributed by atoms with Crippen LogP contribution in [-0.4, -0.2) is 9.97 Å². The second kappa shape index (κ2) is 4.78. The summed E-state index contributed by atoms with van der Waals surface area (Å²) in [5.41, 5.74) is 1.05. The molecule has 0 aliphatic heterocycles. The fourth-order valence-electron chi connectivity index (χ4n) is 2.07. The molecular weight excluding hydrogens is 267 g/mol. The van der Waals surface area contributed by atoms with Crippen LogP contribution in [0.5, 0.6) is 0 Å². The number of nitrogens with one attached hydrogen (secondary N) is 1. The second-order valence-electron chi connectivity index (χ2n) is 4.78. The quantitative estimate of drug-likeness (QED) is 0.938. The average Bonchev–Trinajstić information content (AvgIpc) is 3.18. The first kappa shape index (κ1) is 12.4. The Kier molecular flexibility index (Phi) is 3.11. The highest BCUT2D eigenvalue weighted by Crippen LogP contribution is 2.38.